The van der Waals surface area contributed by atoms with Crippen LogP contribution in [0.5, 0.6) is 0 Å². The largest absolute Gasteiger partial charge is 0.446 e. The highest BCUT2D eigenvalue weighted by Crippen LogP contribution is 2.28. The molecule has 2 rings (SSSR count). The van der Waals surface area contributed by atoms with Crippen LogP contribution in [-0.4, -0.2) is 0 Å². The molecular weight excluding hydrogens is 188 g/mol. The second-order valence-corrected chi connectivity index (χ2v) is 3.37. The van der Waals surface area contributed by atoms with Crippen LogP contribution in [0, 0.1) is 18.3 Å². The molecule has 0 aliphatic carbocycles. The quantitative estimate of drug-likeness (QED) is 0.716. The van der Waals surface area contributed by atoms with E-state index in [1.807, 2.05) is 31.2 Å². The van der Waals surface area contributed by atoms with E-state index in [0.29, 0.717) is 17.2 Å². The summed E-state index contributed by atoms with van der Waals surface area (Å²) in [5, 5.41) is 8.64. The molecule has 0 unspecified atom stereocenters. The molecule has 1 heterocycles. The highest BCUT2D eigenvalue weighted by atomic mass is 16.3. The van der Waals surface area contributed by atoms with Crippen molar-refractivity contribution >= 4 is 5.69 Å². The molecule has 0 aliphatic heterocycles. The molecular formula is C12H10N2O. The van der Waals surface area contributed by atoms with E-state index in [-0.39, 0.29) is 0 Å². The Morgan fingerprint density at radius 1 is 1.27 bits per heavy atom. The van der Waals surface area contributed by atoms with E-state index in [2.05, 4.69) is 0 Å². The molecule has 74 valence electrons. The van der Waals surface area contributed by atoms with Gasteiger partial charge in [-0.25, -0.2) is 0 Å². The summed E-state index contributed by atoms with van der Waals surface area (Å²) in [7, 11) is 0. The van der Waals surface area contributed by atoms with Crippen LogP contribution >= 0.6 is 0 Å². The van der Waals surface area contributed by atoms with Crippen LogP contribution in [0.3, 0.4) is 0 Å². The molecule has 0 saturated carbocycles. The van der Waals surface area contributed by atoms with Gasteiger partial charge in [0.05, 0.1) is 0 Å². The average Bonchev–Trinajstić information content (AvgIpc) is 2.66. The lowest BCUT2D eigenvalue weighted by Crippen LogP contribution is -1.89. The topological polar surface area (TPSA) is 63.0 Å². The Morgan fingerprint density at radius 3 is 2.67 bits per heavy atom. The number of hydrogen-bond acceptors (Lipinski definition) is 3. The predicted molar refractivity (Wildman–Crippen MR) is 58.0 cm³/mol. The summed E-state index contributed by atoms with van der Waals surface area (Å²) in [4.78, 5) is 0. The van der Waals surface area contributed by atoms with Gasteiger partial charge >= 0.3 is 0 Å². The van der Waals surface area contributed by atoms with Crippen molar-refractivity contribution in [1.29, 1.82) is 5.26 Å². The van der Waals surface area contributed by atoms with E-state index in [1.165, 1.54) is 0 Å². The average molecular weight is 198 g/mol. The number of nitrogens with zero attached hydrogens (tertiary/aromatic N) is 1. The van der Waals surface area contributed by atoms with Gasteiger partial charge in [-0.05, 0) is 36.8 Å². The van der Waals surface area contributed by atoms with E-state index in [1.54, 1.807) is 12.1 Å². The van der Waals surface area contributed by atoms with Crippen LogP contribution in [0.2, 0.25) is 0 Å². The van der Waals surface area contributed by atoms with Crippen LogP contribution in [0.25, 0.3) is 11.3 Å². The Bertz CT molecular complexity index is 535. The third-order valence-corrected chi connectivity index (χ3v) is 2.19. The fourth-order valence-electron chi connectivity index (χ4n) is 1.45. The molecule has 1 aromatic carbocycles. The fraction of sp³-hybridized carbons (Fsp3) is 0.0833. The Hall–Kier alpha value is -2.21. The number of aryl methyl sites for hydroxylation is 1. The van der Waals surface area contributed by atoms with Gasteiger partial charge in [0.15, 0.2) is 0 Å². The first-order valence-electron chi connectivity index (χ1n) is 4.57. The monoisotopic (exact) mass is 198 g/mol. The van der Waals surface area contributed by atoms with Crippen LogP contribution in [0.4, 0.5) is 5.69 Å². The van der Waals surface area contributed by atoms with Crippen molar-refractivity contribution in [2.24, 2.45) is 0 Å². The summed E-state index contributed by atoms with van der Waals surface area (Å²) in [6, 6.07) is 11.1. The van der Waals surface area contributed by atoms with Crippen molar-refractivity contribution < 1.29 is 4.42 Å². The van der Waals surface area contributed by atoms with Gasteiger partial charge in [-0.15, -0.1) is 0 Å². The van der Waals surface area contributed by atoms with Crippen LogP contribution in [0.15, 0.2) is 34.7 Å². The lowest BCUT2D eigenvalue weighted by Gasteiger charge is -2.02. The van der Waals surface area contributed by atoms with Crippen molar-refractivity contribution in [1.82, 2.24) is 0 Å². The summed E-state index contributed by atoms with van der Waals surface area (Å²) >= 11 is 0. The number of nitriles is 1. The molecule has 0 aliphatic rings. The standard InChI is InChI=1S/C12H10N2O/c1-8-2-4-10(11(14)6-8)12-5-3-9(7-13)15-12/h2-6H,14H2,1H3. The van der Waals surface area contributed by atoms with E-state index in [9.17, 15) is 0 Å². The first-order chi connectivity index (χ1) is 7.20. The number of nitrogen functional groups attached to an aromatic ring is 1. The third kappa shape index (κ3) is 1.70. The molecule has 0 fully saturated rings. The zero-order chi connectivity index (χ0) is 10.8. The summed E-state index contributed by atoms with van der Waals surface area (Å²) in [6.07, 6.45) is 0. The summed E-state index contributed by atoms with van der Waals surface area (Å²) in [6.45, 7) is 1.98. The van der Waals surface area contributed by atoms with E-state index in [4.69, 9.17) is 15.4 Å². The lowest BCUT2D eigenvalue weighted by molar-refractivity contribution is 0.567. The highest BCUT2D eigenvalue weighted by molar-refractivity contribution is 5.73. The number of rotatable bonds is 1. The number of benzene rings is 1. The minimum Gasteiger partial charge on any atom is -0.446 e. The Labute approximate surface area is 87.7 Å². The van der Waals surface area contributed by atoms with Gasteiger partial charge in [0.2, 0.25) is 5.76 Å². The Morgan fingerprint density at radius 2 is 2.07 bits per heavy atom. The molecule has 0 radical (unpaired) electrons. The number of hydrogen-bond donors (Lipinski definition) is 1. The summed E-state index contributed by atoms with van der Waals surface area (Å²) in [5.74, 6) is 0.925. The second kappa shape index (κ2) is 3.50. The molecule has 2 N–H and O–H groups in total. The maximum atomic E-state index is 8.64. The Balaban J connectivity index is 2.50. The van der Waals surface area contributed by atoms with Gasteiger partial charge in [0.1, 0.15) is 11.8 Å². The van der Waals surface area contributed by atoms with Gasteiger partial charge in [0.25, 0.3) is 0 Å². The third-order valence-electron chi connectivity index (χ3n) is 2.19. The molecule has 3 heteroatoms. The van der Waals surface area contributed by atoms with Crippen molar-refractivity contribution in [3.63, 3.8) is 0 Å². The van der Waals surface area contributed by atoms with Crippen LogP contribution < -0.4 is 5.73 Å². The first kappa shape index (κ1) is 9.35. The molecule has 15 heavy (non-hydrogen) atoms. The lowest BCUT2D eigenvalue weighted by atomic mass is 10.1. The molecule has 0 bridgehead atoms. The first-order valence-corrected chi connectivity index (χ1v) is 4.57. The summed E-state index contributed by atoms with van der Waals surface area (Å²) < 4.78 is 5.30. The molecule has 0 atom stereocenters. The van der Waals surface area contributed by atoms with Gasteiger partial charge in [-0.1, -0.05) is 6.07 Å². The maximum absolute atomic E-state index is 8.64. The Kier molecular flexibility index (Phi) is 2.18. The van der Waals surface area contributed by atoms with Crippen molar-refractivity contribution in [3.8, 4) is 17.4 Å². The van der Waals surface area contributed by atoms with E-state index in [0.717, 1.165) is 11.1 Å². The number of anilines is 1. The van der Waals surface area contributed by atoms with E-state index < -0.39 is 0 Å². The van der Waals surface area contributed by atoms with Crippen LogP contribution in [-0.2, 0) is 0 Å². The molecule has 2 aromatic rings. The molecule has 0 saturated heterocycles. The molecule has 1 aromatic heterocycles. The van der Waals surface area contributed by atoms with E-state index >= 15 is 0 Å². The van der Waals surface area contributed by atoms with Crippen molar-refractivity contribution in [3.05, 3.63) is 41.7 Å². The zero-order valence-electron chi connectivity index (χ0n) is 8.32. The van der Waals surface area contributed by atoms with Crippen LogP contribution in [0.1, 0.15) is 11.3 Å². The smallest absolute Gasteiger partial charge is 0.204 e. The summed E-state index contributed by atoms with van der Waals surface area (Å²) in [5.41, 5.74) is 8.44. The fourth-order valence-corrected chi connectivity index (χ4v) is 1.45. The minimum absolute atomic E-state index is 0.296. The second-order valence-electron chi connectivity index (χ2n) is 3.37. The molecule has 0 amide bonds. The number of furan rings is 1. The highest BCUT2D eigenvalue weighted by Gasteiger charge is 2.07. The molecule has 0 spiro atoms. The molecule has 3 nitrogen and oxygen atoms in total. The van der Waals surface area contributed by atoms with Gasteiger partial charge in [-0.2, -0.15) is 5.26 Å². The SMILES string of the molecule is Cc1ccc(-c2ccc(C#N)o2)c(N)c1. The zero-order valence-corrected chi connectivity index (χ0v) is 8.32. The maximum Gasteiger partial charge on any atom is 0.204 e. The predicted octanol–water partition coefficient (Wildman–Crippen LogP) is 2.71. The van der Waals surface area contributed by atoms with Gasteiger partial charge in [0, 0.05) is 11.3 Å². The van der Waals surface area contributed by atoms with Crippen molar-refractivity contribution in [2.45, 2.75) is 6.92 Å². The van der Waals surface area contributed by atoms with Crippen molar-refractivity contribution in [2.75, 3.05) is 5.73 Å². The van der Waals surface area contributed by atoms with Gasteiger partial charge < -0.3 is 10.2 Å². The normalized spacial score (nSPS) is 9.87. The van der Waals surface area contributed by atoms with Gasteiger partial charge in [-0.3, -0.25) is 0 Å². The number of nitrogens with two attached hydrogens (primary N) is 1. The minimum atomic E-state index is 0.296.